The topological polar surface area (TPSA) is 38.5 Å². The zero-order chi connectivity index (χ0) is 60.4. The van der Waals surface area contributed by atoms with Crippen LogP contribution in [0.4, 0.5) is 22.9 Å². The predicted octanol–water partition coefficient (Wildman–Crippen LogP) is 17.5. The molecule has 0 fully saturated rings. The number of anilines is 4. The van der Waals surface area contributed by atoms with E-state index in [-0.39, 0.29) is 34.5 Å². The third-order valence-electron chi connectivity index (χ3n) is 14.3. The number of hydrogen-bond acceptors (Lipinski definition) is 4. The Balaban J connectivity index is 1.03. The van der Waals surface area contributed by atoms with E-state index in [1.54, 1.807) is 36.4 Å². The van der Waals surface area contributed by atoms with E-state index in [1.165, 1.54) is 0 Å². The third-order valence-corrected chi connectivity index (χ3v) is 15.3. The summed E-state index contributed by atoms with van der Waals surface area (Å²) in [4.78, 5) is 9.53. The normalized spacial score (nSPS) is 14.3. The molecule has 12 rings (SSSR count). The van der Waals surface area contributed by atoms with Gasteiger partial charge in [-0.25, -0.2) is 0 Å². The molecule has 0 aliphatic carbocycles. The van der Waals surface area contributed by atoms with Crippen LogP contribution < -0.4 is 19.8 Å². The molecule has 3 heterocycles. The number of aromatic nitrogens is 3. The van der Waals surface area contributed by atoms with E-state index in [2.05, 4.69) is 127 Å². The Bertz CT molecular complexity index is 4440. The SMILES string of the molecule is [2H]c1c(CC(C)C)c([2H])c(-c2cc(-c3ccccc3)cc(C(C)(C)C)c2)c(-n2[c](=[Pt])n(-c3cccc(Oc4cccc(N5B(c6ccccc6)N(c6cccc(C([2H])([2H])[2H])c6)c6ccccc65)n4)c3)c3ccccc32)c1-c1cccc(C([2H])([2H])[2H])c1. The Labute approximate surface area is 481 Å². The van der Waals surface area contributed by atoms with Crippen LogP contribution in [0.1, 0.15) is 67.8 Å². The Kier molecular flexibility index (Phi) is 11.2. The van der Waals surface area contributed by atoms with Gasteiger partial charge in [0, 0.05) is 9.80 Å². The zero-order valence-electron chi connectivity index (χ0n) is 52.1. The molecule has 0 radical (unpaired) electrons. The summed E-state index contributed by atoms with van der Waals surface area (Å²) in [5.41, 5.74) is 12.8. The first kappa shape index (κ1) is 41.9. The summed E-state index contributed by atoms with van der Waals surface area (Å²) >= 11 is 2.36. The summed E-state index contributed by atoms with van der Waals surface area (Å²) in [5, 5.41) is 0. The fourth-order valence-corrected chi connectivity index (χ4v) is 11.8. The molecule has 0 atom stereocenters. The summed E-state index contributed by atoms with van der Waals surface area (Å²) in [5.74, 6) is 1.58. The summed E-state index contributed by atoms with van der Waals surface area (Å²) in [7, 11) is 0. The van der Waals surface area contributed by atoms with Gasteiger partial charge in [-0.2, -0.15) is 0 Å². The standard InChI is InChI=1S/C70H62BN5O.Pt/c1-48(2)38-51-41-61(53-26-18-22-49(3)39-53)69(62(42-51)55-43-54(52-24-10-8-11-25-52)44-56(45-55)70(5,6)7)74-47-73(63-32-14-15-33-64(63)74)58-29-20-31-60(46-58)77-68-37-21-36-67(72-68)76-66-35-17-16-34-65(66)75(59-30-19-23-50(4)40-59)71(76)57-27-12-9-13-28-57;/h8-37,39-46,48H,38H2,1-7H3;/i3D3,4D3,41D,42D;. The first-order chi connectivity index (χ1) is 41.1. The molecule has 8 heteroatoms. The Morgan fingerprint density at radius 2 is 1.17 bits per heavy atom. The van der Waals surface area contributed by atoms with Crippen molar-refractivity contribution in [1.29, 1.82) is 0 Å². The van der Waals surface area contributed by atoms with Gasteiger partial charge < -0.3 is 0 Å². The number of fused-ring (bicyclic) bond motifs is 2. The van der Waals surface area contributed by atoms with Gasteiger partial charge in [0.05, 0.1) is 0 Å². The van der Waals surface area contributed by atoms with E-state index in [1.807, 2.05) is 127 Å². The molecule has 1 aliphatic rings. The Morgan fingerprint density at radius 1 is 0.564 bits per heavy atom. The molecule has 2 aromatic heterocycles. The number of hydrogen-bond donors (Lipinski definition) is 0. The summed E-state index contributed by atoms with van der Waals surface area (Å²) in [6.07, 6.45) is 0.454. The fraction of sp³-hybridized carbons (Fsp3) is 0.143. The summed E-state index contributed by atoms with van der Waals surface area (Å²) in [6.45, 7) is 5.59. The fourth-order valence-electron chi connectivity index (χ4n) is 10.7. The number of nitrogens with zero attached hydrogens (tertiary/aromatic N) is 5. The van der Waals surface area contributed by atoms with Crippen LogP contribution in [0.25, 0.3) is 55.8 Å². The first-order valence-corrected chi connectivity index (χ1v) is 27.5. The van der Waals surface area contributed by atoms with Gasteiger partial charge >= 0.3 is 389 Å². The van der Waals surface area contributed by atoms with E-state index >= 15 is 0 Å². The van der Waals surface area contributed by atoms with Gasteiger partial charge in [0.25, 0.3) is 0 Å². The Hall–Kier alpha value is -8.25. The first-order valence-electron chi connectivity index (χ1n) is 30.4. The van der Waals surface area contributed by atoms with E-state index in [0.29, 0.717) is 51.8 Å². The van der Waals surface area contributed by atoms with Crippen molar-refractivity contribution >= 4 is 46.4 Å². The van der Waals surface area contributed by atoms with Crippen molar-refractivity contribution in [2.45, 2.75) is 60.2 Å². The summed E-state index contributed by atoms with van der Waals surface area (Å²) in [6, 6.07) is 71.2. The second-order valence-corrected chi connectivity index (χ2v) is 22.3. The van der Waals surface area contributed by atoms with Crippen LogP contribution in [0.5, 0.6) is 11.6 Å². The van der Waals surface area contributed by atoms with Crippen molar-refractivity contribution in [1.82, 2.24) is 14.1 Å². The molecule has 1 aliphatic heterocycles. The van der Waals surface area contributed by atoms with Crippen molar-refractivity contribution in [2.24, 2.45) is 5.92 Å². The van der Waals surface area contributed by atoms with Crippen LogP contribution in [0.15, 0.2) is 230 Å². The summed E-state index contributed by atoms with van der Waals surface area (Å²) < 4.78 is 83.1. The van der Waals surface area contributed by atoms with Crippen molar-refractivity contribution in [3.8, 4) is 56.4 Å². The van der Waals surface area contributed by atoms with Crippen molar-refractivity contribution in [3.63, 3.8) is 0 Å². The molecule has 0 N–H and O–H groups in total. The van der Waals surface area contributed by atoms with Crippen LogP contribution in [-0.4, -0.2) is 21.1 Å². The molecular formula is C70H62BN5OPt. The average Bonchev–Trinajstić information content (AvgIpc) is 1.44. The Morgan fingerprint density at radius 3 is 1.90 bits per heavy atom. The number of aryl methyl sites for hydroxylation is 2. The minimum absolute atomic E-state index is 0.0969. The van der Waals surface area contributed by atoms with E-state index in [9.17, 15) is 2.74 Å². The molecule has 78 heavy (non-hydrogen) atoms. The van der Waals surface area contributed by atoms with Gasteiger partial charge in [0.2, 0.25) is 0 Å². The molecule has 0 saturated carbocycles. The van der Waals surface area contributed by atoms with Crippen LogP contribution in [0.2, 0.25) is 0 Å². The molecule has 0 unspecified atom stereocenters. The molecule has 0 bridgehead atoms. The van der Waals surface area contributed by atoms with Crippen molar-refractivity contribution in [3.05, 3.63) is 257 Å². The van der Waals surface area contributed by atoms with Crippen LogP contribution >= 0.6 is 0 Å². The van der Waals surface area contributed by atoms with Crippen molar-refractivity contribution < 1.29 is 35.1 Å². The van der Waals surface area contributed by atoms with Gasteiger partial charge in [-0.15, -0.1) is 0 Å². The van der Waals surface area contributed by atoms with Gasteiger partial charge in [-0.1, -0.05) is 54.6 Å². The van der Waals surface area contributed by atoms with Gasteiger partial charge in [0.1, 0.15) is 0 Å². The minimum atomic E-state index is -2.42. The molecule has 0 amide bonds. The van der Waals surface area contributed by atoms with Crippen LogP contribution in [-0.2, 0) is 31.2 Å². The molecule has 0 spiro atoms. The number of benzene rings is 9. The molecule has 9 aromatic carbocycles. The second-order valence-electron chi connectivity index (χ2n) is 21.3. The van der Waals surface area contributed by atoms with E-state index in [0.717, 1.165) is 65.3 Å². The van der Waals surface area contributed by atoms with Gasteiger partial charge in [-0.05, 0) is 30.6 Å². The quantitative estimate of drug-likeness (QED) is 0.114. The number of ether oxygens (including phenoxy) is 1. The number of para-hydroxylation sites is 4. The molecule has 0 saturated heterocycles. The monoisotopic (exact) mass is 1200 g/mol. The molecule has 6 nitrogen and oxygen atoms in total. The molecule has 386 valence electrons. The third kappa shape index (κ3) is 9.77. The van der Waals surface area contributed by atoms with E-state index < -0.39 is 20.7 Å². The van der Waals surface area contributed by atoms with Crippen LogP contribution in [0, 0.1) is 23.4 Å². The molecular weight excluding hydrogens is 1130 g/mol. The van der Waals surface area contributed by atoms with Crippen LogP contribution in [0.3, 0.4) is 0 Å². The maximum absolute atomic E-state index is 10.5. The zero-order valence-corrected chi connectivity index (χ0v) is 46.4. The maximum atomic E-state index is 10.5. The van der Waals surface area contributed by atoms with E-state index in [4.69, 9.17) is 17.9 Å². The number of pyridine rings is 1. The molecule has 11 aromatic rings. The predicted molar refractivity (Wildman–Crippen MR) is 322 cm³/mol. The number of imidazole rings is 1. The van der Waals surface area contributed by atoms with Gasteiger partial charge in [0.15, 0.2) is 0 Å². The average molecular weight is 1200 g/mol. The number of rotatable bonds is 12. The van der Waals surface area contributed by atoms with Crippen molar-refractivity contribution in [2.75, 3.05) is 9.62 Å². The second kappa shape index (κ2) is 20.9. The van der Waals surface area contributed by atoms with Gasteiger partial charge in [-0.3, -0.25) is 0 Å².